The van der Waals surface area contributed by atoms with Crippen LogP contribution < -0.4 is 5.32 Å². The van der Waals surface area contributed by atoms with Gasteiger partial charge >= 0.3 is 0 Å². The molecule has 2 N–H and O–H groups in total. The minimum Gasteiger partial charge on any atom is -0.361 e. The van der Waals surface area contributed by atoms with Crippen molar-refractivity contribution in [3.05, 3.63) is 88.6 Å². The predicted octanol–water partition coefficient (Wildman–Crippen LogP) is 5.48. The number of anilines is 1. The Morgan fingerprint density at radius 2 is 1.97 bits per heavy atom. The highest BCUT2D eigenvalue weighted by Gasteiger charge is 2.31. The summed E-state index contributed by atoms with van der Waals surface area (Å²) in [4.78, 5) is 14.1. The van der Waals surface area contributed by atoms with Crippen LogP contribution in [0.25, 0.3) is 11.0 Å². The van der Waals surface area contributed by atoms with Crippen LogP contribution in [0, 0.1) is 5.82 Å². The average Bonchev–Trinajstić information content (AvgIpc) is 3.20. The van der Waals surface area contributed by atoms with Crippen molar-refractivity contribution >= 4 is 28.5 Å². The maximum atomic E-state index is 14.2. The van der Waals surface area contributed by atoms with Crippen molar-refractivity contribution in [3.8, 4) is 0 Å². The lowest BCUT2D eigenvalue weighted by Crippen LogP contribution is -2.39. The van der Waals surface area contributed by atoms with Gasteiger partial charge in [0, 0.05) is 25.3 Å². The van der Waals surface area contributed by atoms with Gasteiger partial charge in [0.15, 0.2) is 0 Å². The SMILES string of the molecule is C[C@H]1c2ccc(F)cc2[C@H](Nc2nc(Cl)nc3[nH]ccc23)CN1Cc1ccccc1. The number of hydrogen-bond donors (Lipinski definition) is 2. The van der Waals surface area contributed by atoms with Gasteiger partial charge in [0.1, 0.15) is 17.3 Å². The van der Waals surface area contributed by atoms with Crippen LogP contribution >= 0.6 is 11.6 Å². The highest BCUT2D eigenvalue weighted by molar-refractivity contribution is 6.28. The van der Waals surface area contributed by atoms with Gasteiger partial charge in [0.25, 0.3) is 0 Å². The Kier molecular flexibility index (Phi) is 4.89. The minimum absolute atomic E-state index is 0.139. The molecule has 0 saturated heterocycles. The number of hydrogen-bond acceptors (Lipinski definition) is 4. The first-order valence-corrected chi connectivity index (χ1v) is 10.3. The molecule has 0 aliphatic carbocycles. The number of fused-ring (bicyclic) bond motifs is 2. The maximum Gasteiger partial charge on any atom is 0.226 e. The number of rotatable bonds is 4. The summed E-state index contributed by atoms with van der Waals surface area (Å²) in [6.45, 7) is 3.68. The Morgan fingerprint density at radius 3 is 2.80 bits per heavy atom. The average molecular weight is 422 g/mol. The molecule has 2 aromatic heterocycles. The lowest BCUT2D eigenvalue weighted by atomic mass is 9.89. The first kappa shape index (κ1) is 19.0. The van der Waals surface area contributed by atoms with Crippen LogP contribution in [0.5, 0.6) is 0 Å². The Labute approximate surface area is 178 Å². The van der Waals surface area contributed by atoms with Crippen LogP contribution in [0.4, 0.5) is 10.2 Å². The van der Waals surface area contributed by atoms with Crippen molar-refractivity contribution in [1.82, 2.24) is 19.9 Å². The van der Waals surface area contributed by atoms with Gasteiger partial charge in [-0.25, -0.2) is 9.37 Å². The zero-order chi connectivity index (χ0) is 20.7. The lowest BCUT2D eigenvalue weighted by Gasteiger charge is -2.40. The molecule has 3 heterocycles. The molecule has 0 spiro atoms. The lowest BCUT2D eigenvalue weighted by molar-refractivity contribution is 0.176. The number of nitrogens with one attached hydrogen (secondary N) is 2. The molecule has 5 nitrogen and oxygen atoms in total. The second-order valence-electron chi connectivity index (χ2n) is 7.64. The van der Waals surface area contributed by atoms with Crippen molar-refractivity contribution in [1.29, 1.82) is 0 Å². The van der Waals surface area contributed by atoms with Crippen LogP contribution in [-0.2, 0) is 6.54 Å². The molecule has 0 unspecified atom stereocenters. The second-order valence-corrected chi connectivity index (χ2v) is 7.98. The van der Waals surface area contributed by atoms with Gasteiger partial charge in [0.2, 0.25) is 5.28 Å². The molecule has 1 aliphatic heterocycles. The molecule has 0 amide bonds. The highest BCUT2D eigenvalue weighted by atomic mass is 35.5. The molecular weight excluding hydrogens is 401 g/mol. The van der Waals surface area contributed by atoms with Crippen LogP contribution in [0.1, 0.15) is 35.7 Å². The molecule has 5 rings (SSSR count). The van der Waals surface area contributed by atoms with Crippen LogP contribution in [0.2, 0.25) is 5.28 Å². The molecule has 0 bridgehead atoms. The topological polar surface area (TPSA) is 56.8 Å². The first-order valence-electron chi connectivity index (χ1n) is 9.93. The second kappa shape index (κ2) is 7.70. The molecule has 2 aromatic carbocycles. The third-order valence-electron chi connectivity index (χ3n) is 5.77. The van der Waals surface area contributed by atoms with E-state index in [-0.39, 0.29) is 23.2 Å². The molecular formula is C23H21ClFN5. The molecule has 4 aromatic rings. The van der Waals surface area contributed by atoms with E-state index < -0.39 is 0 Å². The standard InChI is InChI=1S/C23H21ClFN5/c1-14-17-8-7-16(25)11-19(17)20(13-30(14)12-15-5-3-2-4-6-15)27-22-18-9-10-26-21(18)28-23(24)29-22/h2-11,14,20H,12-13H2,1H3,(H2,26,27,28,29)/t14-,20+/m0/s1. The van der Waals surface area contributed by atoms with Crippen molar-refractivity contribution in [2.45, 2.75) is 25.6 Å². The van der Waals surface area contributed by atoms with Crippen LogP contribution in [0.15, 0.2) is 60.8 Å². The van der Waals surface area contributed by atoms with Crippen LogP contribution in [0.3, 0.4) is 0 Å². The van der Waals surface area contributed by atoms with Gasteiger partial charge in [-0.15, -0.1) is 0 Å². The number of H-pyrrole nitrogens is 1. The summed E-state index contributed by atoms with van der Waals surface area (Å²) in [5.41, 5.74) is 3.97. The van der Waals surface area contributed by atoms with Gasteiger partial charge in [-0.1, -0.05) is 36.4 Å². The fourth-order valence-electron chi connectivity index (χ4n) is 4.25. The predicted molar refractivity (Wildman–Crippen MR) is 117 cm³/mol. The molecule has 7 heteroatoms. The quantitative estimate of drug-likeness (QED) is 0.428. The van der Waals surface area contributed by atoms with E-state index in [4.69, 9.17) is 11.6 Å². The zero-order valence-electron chi connectivity index (χ0n) is 16.4. The maximum absolute atomic E-state index is 14.2. The summed E-state index contributed by atoms with van der Waals surface area (Å²) in [6, 6.07) is 17.4. The van der Waals surface area contributed by atoms with Gasteiger partial charge in [0.05, 0.1) is 11.4 Å². The van der Waals surface area contributed by atoms with Crippen molar-refractivity contribution in [2.24, 2.45) is 0 Å². The van der Waals surface area contributed by atoms with Gasteiger partial charge in [-0.2, -0.15) is 4.98 Å². The van der Waals surface area contributed by atoms with E-state index in [1.54, 1.807) is 12.3 Å². The Morgan fingerprint density at radius 1 is 1.13 bits per heavy atom. The smallest absolute Gasteiger partial charge is 0.226 e. The molecule has 1 aliphatic rings. The highest BCUT2D eigenvalue weighted by Crippen LogP contribution is 2.38. The molecule has 30 heavy (non-hydrogen) atoms. The van der Waals surface area contributed by atoms with Gasteiger partial charge in [-0.3, -0.25) is 4.90 Å². The first-order chi connectivity index (χ1) is 14.6. The normalized spacial score (nSPS) is 19.0. The van der Waals surface area contributed by atoms with Crippen molar-refractivity contribution in [2.75, 3.05) is 11.9 Å². The van der Waals surface area contributed by atoms with Gasteiger partial charge < -0.3 is 10.3 Å². The fourth-order valence-corrected chi connectivity index (χ4v) is 4.42. The van der Waals surface area contributed by atoms with E-state index in [0.717, 1.165) is 23.1 Å². The third-order valence-corrected chi connectivity index (χ3v) is 5.94. The van der Waals surface area contributed by atoms with E-state index in [2.05, 4.69) is 56.4 Å². The van der Waals surface area contributed by atoms with E-state index >= 15 is 0 Å². The summed E-state index contributed by atoms with van der Waals surface area (Å²) >= 11 is 6.13. The van der Waals surface area contributed by atoms with E-state index in [9.17, 15) is 4.39 Å². The Balaban J connectivity index is 1.53. The summed E-state index contributed by atoms with van der Waals surface area (Å²) in [5.74, 6) is 0.400. The number of aromatic amines is 1. The number of benzene rings is 2. The van der Waals surface area contributed by atoms with Gasteiger partial charge in [-0.05, 0) is 53.4 Å². The van der Waals surface area contributed by atoms with Crippen molar-refractivity contribution < 1.29 is 4.39 Å². The van der Waals surface area contributed by atoms with Crippen molar-refractivity contribution in [3.63, 3.8) is 0 Å². The number of halogens is 2. The fraction of sp³-hybridized carbons (Fsp3) is 0.217. The summed E-state index contributed by atoms with van der Waals surface area (Å²) in [6.07, 6.45) is 1.80. The molecule has 0 saturated carbocycles. The summed E-state index contributed by atoms with van der Waals surface area (Å²) in [5, 5.41) is 4.52. The number of nitrogens with zero attached hydrogens (tertiary/aromatic N) is 3. The summed E-state index contributed by atoms with van der Waals surface area (Å²) in [7, 11) is 0. The molecule has 2 atom stereocenters. The van der Waals surface area contributed by atoms with E-state index in [1.165, 1.54) is 11.6 Å². The minimum atomic E-state index is -0.239. The Bertz CT molecular complexity index is 1190. The zero-order valence-corrected chi connectivity index (χ0v) is 17.2. The monoisotopic (exact) mass is 421 g/mol. The summed E-state index contributed by atoms with van der Waals surface area (Å²) < 4.78 is 14.2. The molecule has 0 fully saturated rings. The molecule has 0 radical (unpaired) electrons. The largest absolute Gasteiger partial charge is 0.361 e. The number of aromatic nitrogens is 3. The third kappa shape index (κ3) is 3.53. The van der Waals surface area contributed by atoms with E-state index in [1.807, 2.05) is 18.2 Å². The van der Waals surface area contributed by atoms with E-state index in [0.29, 0.717) is 18.0 Å². The Hall–Kier alpha value is -2.96. The van der Waals surface area contributed by atoms with Crippen LogP contribution in [-0.4, -0.2) is 26.4 Å². The molecule has 152 valence electrons.